The standard InChI is InChI=1S/C18H12N2O3/c21-18-12-7-11-1-2-14-17(23-9-22-14)16(11)15(13(12)8-20-18)10-3-5-19-6-4-10/h1-7H,8-9H2,(H,20,21). The van der Waals surface area contributed by atoms with Crippen LogP contribution in [0.1, 0.15) is 15.9 Å². The van der Waals surface area contributed by atoms with E-state index in [2.05, 4.69) is 10.3 Å². The zero-order chi connectivity index (χ0) is 15.4. The maximum atomic E-state index is 12.1. The summed E-state index contributed by atoms with van der Waals surface area (Å²) in [6.07, 6.45) is 3.51. The Kier molecular flexibility index (Phi) is 2.42. The molecule has 0 unspecified atom stereocenters. The van der Waals surface area contributed by atoms with Gasteiger partial charge in [0.2, 0.25) is 6.79 Å². The number of hydrogen-bond donors (Lipinski definition) is 1. The quantitative estimate of drug-likeness (QED) is 0.751. The second-order valence-electron chi connectivity index (χ2n) is 5.59. The lowest BCUT2D eigenvalue weighted by atomic mass is 9.90. The summed E-state index contributed by atoms with van der Waals surface area (Å²) in [6, 6.07) is 9.69. The Morgan fingerprint density at radius 2 is 1.96 bits per heavy atom. The van der Waals surface area contributed by atoms with E-state index < -0.39 is 0 Å². The van der Waals surface area contributed by atoms with Crippen molar-refractivity contribution in [1.29, 1.82) is 0 Å². The fraction of sp³-hybridized carbons (Fsp3) is 0.111. The second kappa shape index (κ2) is 4.46. The van der Waals surface area contributed by atoms with E-state index in [0.717, 1.165) is 44.5 Å². The first-order valence-electron chi connectivity index (χ1n) is 7.40. The number of ether oxygens (including phenoxy) is 2. The summed E-state index contributed by atoms with van der Waals surface area (Å²) in [6.45, 7) is 0.741. The van der Waals surface area contributed by atoms with Gasteiger partial charge in [-0.25, -0.2) is 0 Å². The Balaban J connectivity index is 1.97. The predicted molar refractivity (Wildman–Crippen MR) is 84.5 cm³/mol. The van der Waals surface area contributed by atoms with Crippen LogP contribution in [0.4, 0.5) is 0 Å². The Bertz CT molecular complexity index is 967. The molecular formula is C18H12N2O3. The highest BCUT2D eigenvalue weighted by atomic mass is 16.7. The maximum Gasteiger partial charge on any atom is 0.251 e. The number of pyridine rings is 1. The second-order valence-corrected chi connectivity index (χ2v) is 5.59. The SMILES string of the molecule is O=C1NCc2c1cc1ccc3c(c1c2-c1ccncc1)OCO3. The minimum Gasteiger partial charge on any atom is -0.454 e. The molecule has 0 aliphatic carbocycles. The Morgan fingerprint density at radius 3 is 2.83 bits per heavy atom. The van der Waals surface area contributed by atoms with Crippen LogP contribution in [0.3, 0.4) is 0 Å². The molecule has 3 heterocycles. The topological polar surface area (TPSA) is 60.5 Å². The molecule has 0 radical (unpaired) electrons. The van der Waals surface area contributed by atoms with Crippen molar-refractivity contribution in [1.82, 2.24) is 10.3 Å². The summed E-state index contributed by atoms with van der Waals surface area (Å²) in [5.74, 6) is 1.45. The summed E-state index contributed by atoms with van der Waals surface area (Å²) in [5, 5.41) is 4.87. The van der Waals surface area contributed by atoms with Crippen molar-refractivity contribution >= 4 is 16.7 Å². The smallest absolute Gasteiger partial charge is 0.251 e. The lowest BCUT2D eigenvalue weighted by Gasteiger charge is -2.14. The van der Waals surface area contributed by atoms with Gasteiger partial charge in [0.1, 0.15) is 0 Å². The average molecular weight is 304 g/mol. The summed E-state index contributed by atoms with van der Waals surface area (Å²) >= 11 is 0. The summed E-state index contributed by atoms with van der Waals surface area (Å²) in [7, 11) is 0. The molecule has 1 aromatic heterocycles. The van der Waals surface area contributed by atoms with Crippen molar-refractivity contribution in [3.05, 3.63) is 53.9 Å². The van der Waals surface area contributed by atoms with Gasteiger partial charge >= 0.3 is 0 Å². The highest BCUT2D eigenvalue weighted by molar-refractivity contribution is 6.11. The molecule has 0 saturated carbocycles. The van der Waals surface area contributed by atoms with Crippen LogP contribution < -0.4 is 14.8 Å². The number of carbonyl (C=O) groups is 1. The first-order valence-corrected chi connectivity index (χ1v) is 7.40. The van der Waals surface area contributed by atoms with Crippen molar-refractivity contribution in [3.63, 3.8) is 0 Å². The number of hydrogen-bond acceptors (Lipinski definition) is 4. The summed E-state index contributed by atoms with van der Waals surface area (Å²) < 4.78 is 11.2. The van der Waals surface area contributed by atoms with Crippen LogP contribution in [0.2, 0.25) is 0 Å². The lowest BCUT2D eigenvalue weighted by molar-refractivity contribution is 0.0966. The van der Waals surface area contributed by atoms with E-state index in [1.54, 1.807) is 12.4 Å². The Labute approximate surface area is 131 Å². The zero-order valence-electron chi connectivity index (χ0n) is 12.1. The number of nitrogens with one attached hydrogen (secondary N) is 1. The predicted octanol–water partition coefficient (Wildman–Crippen LogP) is 2.87. The van der Waals surface area contributed by atoms with Gasteiger partial charge in [-0.1, -0.05) is 6.07 Å². The van der Waals surface area contributed by atoms with E-state index in [1.807, 2.05) is 30.3 Å². The first kappa shape index (κ1) is 12.5. The van der Waals surface area contributed by atoms with Gasteiger partial charge in [-0.2, -0.15) is 0 Å². The third kappa shape index (κ3) is 1.67. The molecule has 1 amide bonds. The number of amides is 1. The van der Waals surface area contributed by atoms with Gasteiger partial charge in [0.15, 0.2) is 11.5 Å². The number of fused-ring (bicyclic) bond motifs is 4. The molecule has 2 aromatic carbocycles. The Morgan fingerprint density at radius 1 is 1.09 bits per heavy atom. The fourth-order valence-corrected chi connectivity index (χ4v) is 3.38. The molecule has 3 aromatic rings. The van der Waals surface area contributed by atoms with E-state index in [-0.39, 0.29) is 12.7 Å². The molecule has 5 nitrogen and oxygen atoms in total. The normalized spacial score (nSPS) is 14.9. The molecule has 2 aliphatic heterocycles. The number of benzene rings is 2. The third-order valence-corrected chi connectivity index (χ3v) is 4.39. The molecule has 0 atom stereocenters. The molecule has 0 fully saturated rings. The van der Waals surface area contributed by atoms with Gasteiger partial charge < -0.3 is 14.8 Å². The molecule has 1 N–H and O–H groups in total. The molecule has 5 heteroatoms. The van der Waals surface area contributed by atoms with Gasteiger partial charge in [-0.3, -0.25) is 9.78 Å². The van der Waals surface area contributed by atoms with Crippen molar-refractivity contribution in [2.75, 3.05) is 6.79 Å². The molecule has 23 heavy (non-hydrogen) atoms. The number of aromatic nitrogens is 1. The minimum absolute atomic E-state index is 0.0325. The monoisotopic (exact) mass is 304 g/mol. The van der Waals surface area contributed by atoms with Crippen molar-refractivity contribution in [2.45, 2.75) is 6.54 Å². The van der Waals surface area contributed by atoms with Crippen LogP contribution in [0.25, 0.3) is 21.9 Å². The largest absolute Gasteiger partial charge is 0.454 e. The van der Waals surface area contributed by atoms with E-state index in [4.69, 9.17) is 9.47 Å². The molecule has 5 rings (SSSR count). The fourth-order valence-electron chi connectivity index (χ4n) is 3.38. The Hall–Kier alpha value is -3.08. The van der Waals surface area contributed by atoms with E-state index in [9.17, 15) is 4.79 Å². The van der Waals surface area contributed by atoms with Crippen LogP contribution in [-0.4, -0.2) is 17.7 Å². The van der Waals surface area contributed by atoms with Gasteiger partial charge in [-0.05, 0) is 46.3 Å². The van der Waals surface area contributed by atoms with E-state index in [0.29, 0.717) is 6.54 Å². The molecular weight excluding hydrogens is 292 g/mol. The van der Waals surface area contributed by atoms with Gasteiger partial charge in [0.25, 0.3) is 5.91 Å². The summed E-state index contributed by atoms with van der Waals surface area (Å²) in [4.78, 5) is 16.2. The number of nitrogens with zero attached hydrogens (tertiary/aromatic N) is 1. The van der Waals surface area contributed by atoms with Crippen molar-refractivity contribution in [3.8, 4) is 22.6 Å². The summed E-state index contributed by atoms with van der Waals surface area (Å²) in [5.41, 5.74) is 3.75. The average Bonchev–Trinajstić information content (AvgIpc) is 3.21. The first-order chi connectivity index (χ1) is 11.3. The number of rotatable bonds is 1. The van der Waals surface area contributed by atoms with Crippen LogP contribution >= 0.6 is 0 Å². The van der Waals surface area contributed by atoms with Crippen molar-refractivity contribution < 1.29 is 14.3 Å². The van der Waals surface area contributed by atoms with Crippen LogP contribution in [0.15, 0.2) is 42.7 Å². The van der Waals surface area contributed by atoms with E-state index in [1.165, 1.54) is 0 Å². The van der Waals surface area contributed by atoms with Gasteiger partial charge in [-0.15, -0.1) is 0 Å². The zero-order valence-corrected chi connectivity index (χ0v) is 12.1. The van der Waals surface area contributed by atoms with Crippen LogP contribution in [0.5, 0.6) is 11.5 Å². The lowest BCUT2D eigenvalue weighted by Crippen LogP contribution is -2.12. The highest BCUT2D eigenvalue weighted by Crippen LogP contribution is 2.46. The van der Waals surface area contributed by atoms with Gasteiger partial charge in [0, 0.05) is 29.9 Å². The third-order valence-electron chi connectivity index (χ3n) is 4.39. The molecule has 0 bridgehead atoms. The minimum atomic E-state index is -0.0325. The molecule has 0 saturated heterocycles. The van der Waals surface area contributed by atoms with Crippen LogP contribution in [0, 0.1) is 0 Å². The molecule has 2 aliphatic rings. The molecule has 0 spiro atoms. The van der Waals surface area contributed by atoms with Crippen LogP contribution in [-0.2, 0) is 6.54 Å². The highest BCUT2D eigenvalue weighted by Gasteiger charge is 2.28. The van der Waals surface area contributed by atoms with E-state index >= 15 is 0 Å². The number of carbonyl (C=O) groups excluding carboxylic acids is 1. The maximum absolute atomic E-state index is 12.1. The van der Waals surface area contributed by atoms with Gasteiger partial charge in [0.05, 0.1) is 0 Å². The molecule has 112 valence electrons. The van der Waals surface area contributed by atoms with Crippen molar-refractivity contribution in [2.24, 2.45) is 0 Å².